The van der Waals surface area contributed by atoms with E-state index < -0.39 is 23.6 Å². The SMILES string of the molecule is COc1ccc(C(O)c2ccc(F)c(F)c2F)c(Br)c1. The van der Waals surface area contributed by atoms with Gasteiger partial charge < -0.3 is 9.84 Å². The number of aliphatic hydroxyl groups is 1. The van der Waals surface area contributed by atoms with Crippen LogP contribution in [0, 0.1) is 17.5 Å². The lowest BCUT2D eigenvalue weighted by Crippen LogP contribution is -2.06. The van der Waals surface area contributed by atoms with Crippen LogP contribution in [0.3, 0.4) is 0 Å². The molecule has 0 aliphatic carbocycles. The molecule has 1 unspecified atom stereocenters. The predicted octanol–water partition coefficient (Wildman–Crippen LogP) is 3.96. The number of rotatable bonds is 3. The maximum absolute atomic E-state index is 13.7. The zero-order valence-electron chi connectivity index (χ0n) is 10.3. The highest BCUT2D eigenvalue weighted by Gasteiger charge is 2.22. The third-order valence-electron chi connectivity index (χ3n) is 2.86. The lowest BCUT2D eigenvalue weighted by molar-refractivity contribution is 0.211. The standard InChI is InChI=1S/C14H10BrF3O2/c1-20-7-2-3-8(10(15)6-7)14(19)9-4-5-11(16)13(18)12(9)17/h2-6,14,19H,1H3. The third-order valence-corrected chi connectivity index (χ3v) is 3.55. The molecule has 0 bridgehead atoms. The Morgan fingerprint density at radius 2 is 1.70 bits per heavy atom. The summed E-state index contributed by atoms with van der Waals surface area (Å²) in [6.07, 6.45) is -1.43. The second-order valence-electron chi connectivity index (χ2n) is 4.05. The van der Waals surface area contributed by atoms with Gasteiger partial charge in [0.15, 0.2) is 17.5 Å². The van der Waals surface area contributed by atoms with Crippen molar-refractivity contribution < 1.29 is 23.0 Å². The molecule has 2 nitrogen and oxygen atoms in total. The van der Waals surface area contributed by atoms with Crippen molar-refractivity contribution in [2.75, 3.05) is 7.11 Å². The quantitative estimate of drug-likeness (QED) is 0.852. The second-order valence-corrected chi connectivity index (χ2v) is 4.91. The van der Waals surface area contributed by atoms with Gasteiger partial charge in [0.25, 0.3) is 0 Å². The molecule has 0 fully saturated rings. The fourth-order valence-electron chi connectivity index (χ4n) is 1.78. The fraction of sp³-hybridized carbons (Fsp3) is 0.143. The van der Waals surface area contributed by atoms with Crippen LogP contribution in [0.1, 0.15) is 17.2 Å². The van der Waals surface area contributed by atoms with Gasteiger partial charge in [-0.2, -0.15) is 0 Å². The summed E-state index contributed by atoms with van der Waals surface area (Å²) in [5, 5.41) is 10.1. The number of hydrogen-bond donors (Lipinski definition) is 1. The van der Waals surface area contributed by atoms with Gasteiger partial charge in [-0.1, -0.05) is 28.1 Å². The minimum Gasteiger partial charge on any atom is -0.497 e. The highest BCUT2D eigenvalue weighted by molar-refractivity contribution is 9.10. The number of hydrogen-bond acceptors (Lipinski definition) is 2. The lowest BCUT2D eigenvalue weighted by atomic mass is 10.0. The van der Waals surface area contributed by atoms with E-state index in [9.17, 15) is 18.3 Å². The summed E-state index contributed by atoms with van der Waals surface area (Å²) in [6.45, 7) is 0. The summed E-state index contributed by atoms with van der Waals surface area (Å²) in [4.78, 5) is 0. The first-order valence-electron chi connectivity index (χ1n) is 5.60. The van der Waals surface area contributed by atoms with Crippen molar-refractivity contribution in [3.05, 3.63) is 63.4 Å². The monoisotopic (exact) mass is 346 g/mol. The molecule has 1 N–H and O–H groups in total. The Morgan fingerprint density at radius 1 is 1.05 bits per heavy atom. The Morgan fingerprint density at radius 3 is 2.30 bits per heavy atom. The molecule has 0 aromatic heterocycles. The van der Waals surface area contributed by atoms with Crippen LogP contribution in [0.25, 0.3) is 0 Å². The Balaban J connectivity index is 2.46. The Bertz CT molecular complexity index is 647. The molecule has 0 amide bonds. The molecule has 2 rings (SSSR count). The van der Waals surface area contributed by atoms with Gasteiger partial charge >= 0.3 is 0 Å². The van der Waals surface area contributed by atoms with Gasteiger partial charge in [0.05, 0.1) is 7.11 Å². The summed E-state index contributed by atoms with van der Waals surface area (Å²) < 4.78 is 45.2. The van der Waals surface area contributed by atoms with Crippen LogP contribution in [-0.2, 0) is 0 Å². The molecule has 0 aliphatic heterocycles. The van der Waals surface area contributed by atoms with E-state index in [1.807, 2.05) is 0 Å². The zero-order valence-corrected chi connectivity index (χ0v) is 11.9. The molecule has 0 aliphatic rings. The van der Waals surface area contributed by atoms with Crippen LogP contribution >= 0.6 is 15.9 Å². The van der Waals surface area contributed by atoms with Crippen LogP contribution in [-0.4, -0.2) is 12.2 Å². The van der Waals surface area contributed by atoms with Crippen LogP contribution in [0.5, 0.6) is 5.75 Å². The van der Waals surface area contributed by atoms with Gasteiger partial charge in [-0.05, 0) is 23.8 Å². The van der Waals surface area contributed by atoms with E-state index in [0.29, 0.717) is 15.8 Å². The van der Waals surface area contributed by atoms with Crippen molar-refractivity contribution in [2.24, 2.45) is 0 Å². The first-order chi connectivity index (χ1) is 9.45. The molecule has 2 aromatic carbocycles. The number of aliphatic hydroxyl groups excluding tert-OH is 1. The van der Waals surface area contributed by atoms with Crippen molar-refractivity contribution in [2.45, 2.75) is 6.10 Å². The number of halogens is 4. The first-order valence-corrected chi connectivity index (χ1v) is 6.40. The van der Waals surface area contributed by atoms with E-state index in [2.05, 4.69) is 15.9 Å². The highest BCUT2D eigenvalue weighted by atomic mass is 79.9. The Kier molecular flexibility index (Phi) is 4.35. The van der Waals surface area contributed by atoms with Crippen molar-refractivity contribution in [3.8, 4) is 5.75 Å². The van der Waals surface area contributed by atoms with Gasteiger partial charge in [0.2, 0.25) is 0 Å². The van der Waals surface area contributed by atoms with Crippen LogP contribution in [0.2, 0.25) is 0 Å². The molecule has 0 heterocycles. The van der Waals surface area contributed by atoms with Crippen LogP contribution in [0.15, 0.2) is 34.8 Å². The molecule has 0 radical (unpaired) electrons. The van der Waals surface area contributed by atoms with Crippen molar-refractivity contribution in [3.63, 3.8) is 0 Å². The molecule has 0 saturated heterocycles. The normalized spacial score (nSPS) is 12.3. The van der Waals surface area contributed by atoms with E-state index in [1.165, 1.54) is 13.2 Å². The van der Waals surface area contributed by atoms with Gasteiger partial charge in [-0.3, -0.25) is 0 Å². The maximum Gasteiger partial charge on any atom is 0.194 e. The van der Waals surface area contributed by atoms with Crippen LogP contribution in [0.4, 0.5) is 13.2 Å². The van der Waals surface area contributed by atoms with E-state index >= 15 is 0 Å². The fourth-order valence-corrected chi connectivity index (χ4v) is 2.35. The van der Waals surface area contributed by atoms with Crippen molar-refractivity contribution >= 4 is 15.9 Å². The smallest absolute Gasteiger partial charge is 0.194 e. The first kappa shape index (κ1) is 14.9. The van der Waals surface area contributed by atoms with E-state index in [1.54, 1.807) is 12.1 Å². The van der Waals surface area contributed by atoms with Gasteiger partial charge in [-0.25, -0.2) is 13.2 Å². The second kappa shape index (κ2) is 5.85. The van der Waals surface area contributed by atoms with Gasteiger partial charge in [0.1, 0.15) is 11.9 Å². The molecule has 106 valence electrons. The van der Waals surface area contributed by atoms with Crippen molar-refractivity contribution in [1.82, 2.24) is 0 Å². The van der Waals surface area contributed by atoms with Gasteiger partial charge in [0, 0.05) is 10.0 Å². The number of methoxy groups -OCH3 is 1. The average molecular weight is 347 g/mol. The molecule has 1 atom stereocenters. The molecule has 0 saturated carbocycles. The minimum absolute atomic E-state index is 0.315. The molecule has 6 heteroatoms. The van der Waals surface area contributed by atoms with Crippen LogP contribution < -0.4 is 4.74 Å². The number of benzene rings is 2. The summed E-state index contributed by atoms with van der Waals surface area (Å²) in [5.41, 5.74) is -0.0227. The number of ether oxygens (including phenoxy) is 1. The Hall–Kier alpha value is -1.53. The molecule has 2 aromatic rings. The van der Waals surface area contributed by atoms with Crippen molar-refractivity contribution in [1.29, 1.82) is 0 Å². The maximum atomic E-state index is 13.7. The summed E-state index contributed by atoms with van der Waals surface area (Å²) in [6, 6.07) is 6.44. The van der Waals surface area contributed by atoms with E-state index in [-0.39, 0.29) is 5.56 Å². The predicted molar refractivity (Wildman–Crippen MR) is 71.1 cm³/mol. The van der Waals surface area contributed by atoms with Gasteiger partial charge in [-0.15, -0.1) is 0 Å². The zero-order chi connectivity index (χ0) is 14.9. The van der Waals surface area contributed by atoms with E-state index in [4.69, 9.17) is 4.74 Å². The molecular formula is C14H10BrF3O2. The average Bonchev–Trinajstić information content (AvgIpc) is 2.44. The molecular weight excluding hydrogens is 337 g/mol. The third kappa shape index (κ3) is 2.66. The summed E-state index contributed by atoms with van der Waals surface area (Å²) >= 11 is 3.21. The summed E-state index contributed by atoms with van der Waals surface area (Å²) in [7, 11) is 1.48. The lowest BCUT2D eigenvalue weighted by Gasteiger charge is -2.15. The molecule has 20 heavy (non-hydrogen) atoms. The topological polar surface area (TPSA) is 29.5 Å². The summed E-state index contributed by atoms with van der Waals surface area (Å²) in [5.74, 6) is -3.77. The minimum atomic E-state index is -1.61. The highest BCUT2D eigenvalue weighted by Crippen LogP contribution is 2.33. The Labute approximate surface area is 121 Å². The molecule has 0 spiro atoms. The largest absolute Gasteiger partial charge is 0.497 e. The van der Waals surface area contributed by atoms with E-state index in [0.717, 1.165) is 12.1 Å².